The Morgan fingerprint density at radius 3 is 2.50 bits per heavy atom. The number of amides is 1. The first-order chi connectivity index (χ1) is 12.3. The lowest BCUT2D eigenvalue weighted by Crippen LogP contribution is -2.36. The first kappa shape index (κ1) is 18.5. The largest absolute Gasteiger partial charge is 0.493 e. The summed E-state index contributed by atoms with van der Waals surface area (Å²) in [5, 5.41) is 13.8. The minimum absolute atomic E-state index is 0.0897. The third-order valence-corrected chi connectivity index (χ3v) is 4.88. The molecule has 2 aromatic rings. The Labute approximate surface area is 159 Å². The fraction of sp³-hybridized carbons (Fsp3) is 0.222. The highest BCUT2D eigenvalue weighted by atomic mass is 35.5. The lowest BCUT2D eigenvalue weighted by atomic mass is 9.87. The minimum Gasteiger partial charge on any atom is -0.493 e. The van der Waals surface area contributed by atoms with E-state index in [2.05, 4.69) is 5.32 Å². The summed E-state index contributed by atoms with van der Waals surface area (Å²) in [6.07, 6.45) is -0.532. The van der Waals surface area contributed by atoms with Gasteiger partial charge in [-0.3, -0.25) is 9.59 Å². The van der Waals surface area contributed by atoms with E-state index in [9.17, 15) is 14.7 Å². The Balaban J connectivity index is 2.04. The van der Waals surface area contributed by atoms with Gasteiger partial charge in [-0.05, 0) is 24.3 Å². The smallest absolute Gasteiger partial charge is 0.261 e. The molecule has 6 nitrogen and oxygen atoms in total. The quantitative estimate of drug-likeness (QED) is 0.757. The molecule has 0 fully saturated rings. The normalized spacial score (nSPS) is 18.3. The lowest BCUT2D eigenvalue weighted by Gasteiger charge is -2.22. The molecule has 0 saturated carbocycles. The van der Waals surface area contributed by atoms with Gasteiger partial charge in [0.15, 0.2) is 22.9 Å². The number of aliphatic hydroxyl groups is 1. The van der Waals surface area contributed by atoms with Gasteiger partial charge < -0.3 is 19.9 Å². The average Bonchev–Trinajstić information content (AvgIpc) is 2.89. The standard InChI is InChI=1S/C18H15Cl2NO5/c1-25-13-5-3-4-9(16(13)26-2)12(22)8-18(24)14-10(19)6-7-11(20)15(14)21-17(18)23/h3-7,24H,8H2,1-2H3,(H,21,23). The molecule has 2 N–H and O–H groups in total. The lowest BCUT2D eigenvalue weighted by molar-refractivity contribution is -0.133. The van der Waals surface area contributed by atoms with Crippen molar-refractivity contribution in [3.8, 4) is 11.5 Å². The number of halogens is 2. The van der Waals surface area contributed by atoms with Gasteiger partial charge >= 0.3 is 0 Å². The summed E-state index contributed by atoms with van der Waals surface area (Å²) in [5.74, 6) is -0.692. The molecule has 0 bridgehead atoms. The molecule has 1 unspecified atom stereocenters. The van der Waals surface area contributed by atoms with Crippen molar-refractivity contribution in [2.24, 2.45) is 0 Å². The van der Waals surface area contributed by atoms with Crippen molar-refractivity contribution < 1.29 is 24.2 Å². The topological polar surface area (TPSA) is 84.9 Å². The van der Waals surface area contributed by atoms with Crippen LogP contribution in [0.5, 0.6) is 11.5 Å². The number of hydrogen-bond acceptors (Lipinski definition) is 5. The summed E-state index contributed by atoms with van der Waals surface area (Å²) < 4.78 is 10.4. The number of nitrogens with one attached hydrogen (secondary N) is 1. The highest BCUT2D eigenvalue weighted by Crippen LogP contribution is 2.47. The molecule has 1 atom stereocenters. The maximum absolute atomic E-state index is 12.9. The van der Waals surface area contributed by atoms with Crippen molar-refractivity contribution in [3.05, 3.63) is 51.5 Å². The number of fused-ring (bicyclic) bond motifs is 1. The van der Waals surface area contributed by atoms with Gasteiger partial charge in [-0.25, -0.2) is 0 Å². The summed E-state index contributed by atoms with van der Waals surface area (Å²) in [6, 6.07) is 7.75. The number of ether oxygens (including phenoxy) is 2. The van der Waals surface area contributed by atoms with Crippen molar-refractivity contribution in [2.75, 3.05) is 19.5 Å². The number of carbonyl (C=O) groups is 2. The van der Waals surface area contributed by atoms with Crippen LogP contribution in [0.2, 0.25) is 10.0 Å². The molecule has 0 radical (unpaired) electrons. The van der Waals surface area contributed by atoms with E-state index in [0.29, 0.717) is 5.75 Å². The van der Waals surface area contributed by atoms with E-state index < -0.39 is 23.7 Å². The maximum Gasteiger partial charge on any atom is 0.261 e. The molecule has 1 heterocycles. The summed E-state index contributed by atoms with van der Waals surface area (Å²) >= 11 is 12.2. The van der Waals surface area contributed by atoms with Crippen LogP contribution in [0.4, 0.5) is 5.69 Å². The Morgan fingerprint density at radius 2 is 1.85 bits per heavy atom. The Bertz CT molecular complexity index is 915. The zero-order chi connectivity index (χ0) is 19.1. The van der Waals surface area contributed by atoms with Crippen molar-refractivity contribution >= 4 is 40.6 Å². The van der Waals surface area contributed by atoms with E-state index >= 15 is 0 Å². The molecule has 1 aliphatic rings. The average molecular weight is 396 g/mol. The number of para-hydroxylation sites is 1. The molecular formula is C18H15Cl2NO5. The third-order valence-electron chi connectivity index (χ3n) is 4.25. The number of rotatable bonds is 5. The minimum atomic E-state index is -2.14. The fourth-order valence-electron chi connectivity index (χ4n) is 3.01. The third kappa shape index (κ3) is 2.80. The molecule has 3 rings (SSSR count). The Kier molecular flexibility index (Phi) is 4.84. The van der Waals surface area contributed by atoms with Crippen molar-refractivity contribution in [2.45, 2.75) is 12.0 Å². The van der Waals surface area contributed by atoms with Gasteiger partial charge in [-0.1, -0.05) is 29.3 Å². The Hall–Kier alpha value is -2.28. The van der Waals surface area contributed by atoms with Crippen LogP contribution >= 0.6 is 23.2 Å². The van der Waals surface area contributed by atoms with Gasteiger partial charge in [0.25, 0.3) is 5.91 Å². The first-order valence-corrected chi connectivity index (χ1v) is 8.35. The van der Waals surface area contributed by atoms with Crippen LogP contribution in [0.15, 0.2) is 30.3 Å². The molecule has 8 heteroatoms. The molecule has 1 aliphatic heterocycles. The zero-order valence-electron chi connectivity index (χ0n) is 13.9. The highest BCUT2D eigenvalue weighted by molar-refractivity contribution is 6.38. The SMILES string of the molecule is COc1cccc(C(=O)CC2(O)C(=O)Nc3c(Cl)ccc(Cl)c32)c1OC. The second-order valence-corrected chi connectivity index (χ2v) is 6.55. The number of carbonyl (C=O) groups excluding carboxylic acids is 2. The van der Waals surface area contributed by atoms with Crippen molar-refractivity contribution in [3.63, 3.8) is 0 Å². The second kappa shape index (κ2) is 6.79. The molecule has 0 spiro atoms. The van der Waals surface area contributed by atoms with E-state index in [1.54, 1.807) is 12.1 Å². The molecule has 2 aromatic carbocycles. The van der Waals surface area contributed by atoms with E-state index in [-0.39, 0.29) is 32.6 Å². The van der Waals surface area contributed by atoms with Crippen LogP contribution in [0.25, 0.3) is 0 Å². The van der Waals surface area contributed by atoms with Gasteiger partial charge in [-0.15, -0.1) is 0 Å². The predicted molar refractivity (Wildman–Crippen MR) is 97.5 cm³/mol. The van der Waals surface area contributed by atoms with E-state index in [1.807, 2.05) is 0 Å². The number of benzene rings is 2. The van der Waals surface area contributed by atoms with E-state index in [1.165, 1.54) is 32.4 Å². The predicted octanol–water partition coefficient (Wildman–Crippen LogP) is 3.42. The van der Waals surface area contributed by atoms with Crippen LogP contribution < -0.4 is 14.8 Å². The van der Waals surface area contributed by atoms with Crippen LogP contribution in [0, 0.1) is 0 Å². The highest BCUT2D eigenvalue weighted by Gasteiger charge is 2.49. The van der Waals surface area contributed by atoms with Crippen molar-refractivity contribution in [1.29, 1.82) is 0 Å². The van der Waals surface area contributed by atoms with E-state index in [4.69, 9.17) is 32.7 Å². The van der Waals surface area contributed by atoms with Gasteiger partial charge in [0.1, 0.15) is 0 Å². The number of methoxy groups -OCH3 is 2. The second-order valence-electron chi connectivity index (χ2n) is 5.73. The molecular weight excluding hydrogens is 381 g/mol. The molecule has 0 aliphatic carbocycles. The fourth-order valence-corrected chi connectivity index (χ4v) is 3.53. The molecule has 0 aromatic heterocycles. The molecule has 136 valence electrons. The number of ketones is 1. The zero-order valence-corrected chi connectivity index (χ0v) is 15.4. The summed E-state index contributed by atoms with van der Waals surface area (Å²) in [5.41, 5.74) is -1.66. The molecule has 26 heavy (non-hydrogen) atoms. The molecule has 0 saturated heterocycles. The van der Waals surface area contributed by atoms with Crippen LogP contribution in [-0.4, -0.2) is 31.0 Å². The monoisotopic (exact) mass is 395 g/mol. The Morgan fingerprint density at radius 1 is 1.15 bits per heavy atom. The van der Waals surface area contributed by atoms with Crippen molar-refractivity contribution in [1.82, 2.24) is 0 Å². The van der Waals surface area contributed by atoms with Crippen LogP contribution in [-0.2, 0) is 10.4 Å². The maximum atomic E-state index is 12.9. The summed E-state index contributed by atoms with van der Waals surface area (Å²) in [6.45, 7) is 0. The van der Waals surface area contributed by atoms with Gasteiger partial charge in [0.2, 0.25) is 0 Å². The van der Waals surface area contributed by atoms with Gasteiger partial charge in [0, 0.05) is 10.6 Å². The number of anilines is 1. The van der Waals surface area contributed by atoms with Crippen LogP contribution in [0.3, 0.4) is 0 Å². The first-order valence-electron chi connectivity index (χ1n) is 7.60. The van der Waals surface area contributed by atoms with E-state index in [0.717, 1.165) is 0 Å². The summed E-state index contributed by atoms with van der Waals surface area (Å²) in [7, 11) is 2.85. The summed E-state index contributed by atoms with van der Waals surface area (Å²) in [4.78, 5) is 25.3. The number of hydrogen-bond donors (Lipinski definition) is 2. The van der Waals surface area contributed by atoms with Crippen LogP contribution in [0.1, 0.15) is 22.3 Å². The van der Waals surface area contributed by atoms with Gasteiger partial charge in [-0.2, -0.15) is 0 Å². The molecule has 1 amide bonds. The van der Waals surface area contributed by atoms with Gasteiger partial charge in [0.05, 0.1) is 36.9 Å². The number of Topliss-reactive ketones (excluding diaryl/α,β-unsaturated/α-hetero) is 1.